The zero-order valence-corrected chi connectivity index (χ0v) is 15.1. The Hall–Kier alpha value is -0.610. The molecular formula is C19H29ClN2O. The van der Waals surface area contributed by atoms with Crippen LogP contribution < -0.4 is 0 Å². The average molecular weight is 337 g/mol. The predicted molar refractivity (Wildman–Crippen MR) is 95.8 cm³/mol. The summed E-state index contributed by atoms with van der Waals surface area (Å²) in [5, 5.41) is 11.7. The Kier molecular flexibility index (Phi) is 5.32. The Labute approximate surface area is 145 Å². The second-order valence-corrected chi connectivity index (χ2v) is 8.02. The van der Waals surface area contributed by atoms with Crippen LogP contribution in [-0.4, -0.2) is 53.7 Å². The van der Waals surface area contributed by atoms with E-state index < -0.39 is 5.60 Å². The summed E-state index contributed by atoms with van der Waals surface area (Å²) in [5.74, 6) is 0.791. The third-order valence-electron chi connectivity index (χ3n) is 5.63. The summed E-state index contributed by atoms with van der Waals surface area (Å²) in [5.41, 5.74) is 0.328. The van der Waals surface area contributed by atoms with Crippen molar-refractivity contribution in [3.63, 3.8) is 0 Å². The molecule has 2 aliphatic heterocycles. The summed E-state index contributed by atoms with van der Waals surface area (Å²) in [4.78, 5) is 5.12. The van der Waals surface area contributed by atoms with Crippen molar-refractivity contribution in [1.82, 2.24) is 9.80 Å². The lowest BCUT2D eigenvalue weighted by molar-refractivity contribution is -0.0285. The van der Waals surface area contributed by atoms with Gasteiger partial charge in [0.2, 0.25) is 0 Å². The molecule has 0 amide bonds. The van der Waals surface area contributed by atoms with Crippen molar-refractivity contribution in [2.75, 3.05) is 32.7 Å². The third-order valence-corrected chi connectivity index (χ3v) is 5.88. The maximum Gasteiger partial charge on any atom is 0.0920 e. The lowest BCUT2D eigenvalue weighted by atomic mass is 9.84. The van der Waals surface area contributed by atoms with Crippen molar-refractivity contribution in [2.24, 2.45) is 5.92 Å². The summed E-state index contributed by atoms with van der Waals surface area (Å²) >= 11 is 5.95. The number of aliphatic hydroxyl groups is 1. The van der Waals surface area contributed by atoms with Gasteiger partial charge in [-0.25, -0.2) is 0 Å². The quantitative estimate of drug-likeness (QED) is 0.913. The van der Waals surface area contributed by atoms with Crippen LogP contribution in [0.1, 0.15) is 38.7 Å². The Morgan fingerprint density at radius 1 is 1.17 bits per heavy atom. The topological polar surface area (TPSA) is 26.7 Å². The molecule has 0 aromatic heterocycles. The highest BCUT2D eigenvalue weighted by Gasteiger charge is 2.35. The average Bonchev–Trinajstić information content (AvgIpc) is 2.99. The molecule has 1 aromatic carbocycles. The van der Waals surface area contributed by atoms with E-state index in [0.717, 1.165) is 42.4 Å². The number of piperidine rings is 1. The number of benzene rings is 1. The second kappa shape index (κ2) is 7.10. The van der Waals surface area contributed by atoms with Gasteiger partial charge in [-0.3, -0.25) is 0 Å². The molecule has 0 unspecified atom stereocenters. The van der Waals surface area contributed by atoms with E-state index in [4.69, 9.17) is 11.6 Å². The van der Waals surface area contributed by atoms with Crippen molar-refractivity contribution < 1.29 is 5.11 Å². The normalized spacial score (nSPS) is 26.0. The van der Waals surface area contributed by atoms with Gasteiger partial charge in [-0.1, -0.05) is 23.7 Å². The molecule has 0 spiro atoms. The summed E-state index contributed by atoms with van der Waals surface area (Å²) in [6.07, 6.45) is 2.95. The molecule has 3 nitrogen and oxygen atoms in total. The smallest absolute Gasteiger partial charge is 0.0920 e. The molecule has 0 bridgehead atoms. The molecule has 2 saturated heterocycles. The van der Waals surface area contributed by atoms with E-state index in [0.29, 0.717) is 6.04 Å². The summed E-state index contributed by atoms with van der Waals surface area (Å²) in [6.45, 7) is 10.2. The van der Waals surface area contributed by atoms with Crippen LogP contribution in [0.5, 0.6) is 0 Å². The minimum Gasteiger partial charge on any atom is -0.385 e. The first kappa shape index (κ1) is 17.2. The fraction of sp³-hybridized carbons (Fsp3) is 0.684. The van der Waals surface area contributed by atoms with Gasteiger partial charge in [0.1, 0.15) is 0 Å². The second-order valence-electron chi connectivity index (χ2n) is 7.58. The zero-order valence-electron chi connectivity index (χ0n) is 14.3. The standard InChI is InChI=1S/C19H29ClN2O/c1-15(2)22-10-7-16(14-22)13-21-11-8-19(23,9-12-21)17-3-5-18(20)6-4-17/h3-6,15-16,23H,7-14H2,1-2H3/t16-/m1/s1. The number of hydrogen-bond donors (Lipinski definition) is 1. The first-order valence-electron chi connectivity index (χ1n) is 8.91. The van der Waals surface area contributed by atoms with Crippen LogP contribution in [0.2, 0.25) is 5.02 Å². The SMILES string of the molecule is CC(C)N1CC[C@H](CN2CCC(O)(c3ccc(Cl)cc3)CC2)C1. The monoisotopic (exact) mass is 336 g/mol. The van der Waals surface area contributed by atoms with Crippen molar-refractivity contribution >= 4 is 11.6 Å². The summed E-state index contributed by atoms with van der Waals surface area (Å²) < 4.78 is 0. The number of nitrogens with zero attached hydrogens (tertiary/aromatic N) is 2. The van der Waals surface area contributed by atoms with Gasteiger partial charge in [-0.05, 0) is 63.3 Å². The Balaban J connectivity index is 1.51. The van der Waals surface area contributed by atoms with Gasteiger partial charge in [-0.2, -0.15) is 0 Å². The van der Waals surface area contributed by atoms with Crippen LogP contribution in [0, 0.1) is 5.92 Å². The van der Waals surface area contributed by atoms with Crippen LogP contribution in [0.3, 0.4) is 0 Å². The van der Waals surface area contributed by atoms with Gasteiger partial charge in [0, 0.05) is 37.2 Å². The molecule has 4 heteroatoms. The van der Waals surface area contributed by atoms with Crippen LogP contribution >= 0.6 is 11.6 Å². The third kappa shape index (κ3) is 4.08. The number of rotatable bonds is 4. The summed E-state index contributed by atoms with van der Waals surface area (Å²) in [7, 11) is 0. The summed E-state index contributed by atoms with van der Waals surface area (Å²) in [6, 6.07) is 8.35. The van der Waals surface area contributed by atoms with Crippen molar-refractivity contribution in [1.29, 1.82) is 0 Å². The number of halogens is 1. The van der Waals surface area contributed by atoms with Gasteiger partial charge in [0.05, 0.1) is 5.60 Å². The Morgan fingerprint density at radius 3 is 2.39 bits per heavy atom. The fourth-order valence-electron chi connectivity index (χ4n) is 4.00. The van der Waals surface area contributed by atoms with Crippen LogP contribution in [0.15, 0.2) is 24.3 Å². The molecule has 1 aromatic rings. The minimum absolute atomic E-state index is 0.663. The zero-order chi connectivity index (χ0) is 16.4. The van der Waals surface area contributed by atoms with Gasteiger partial charge in [0.15, 0.2) is 0 Å². The van der Waals surface area contributed by atoms with Gasteiger partial charge in [0.25, 0.3) is 0 Å². The molecule has 3 rings (SSSR count). The highest BCUT2D eigenvalue weighted by Crippen LogP contribution is 2.34. The lowest BCUT2D eigenvalue weighted by Gasteiger charge is -2.39. The molecular weight excluding hydrogens is 308 g/mol. The molecule has 2 fully saturated rings. The molecule has 0 saturated carbocycles. The van der Waals surface area contributed by atoms with Crippen LogP contribution in [0.4, 0.5) is 0 Å². The first-order valence-corrected chi connectivity index (χ1v) is 9.29. The highest BCUT2D eigenvalue weighted by atomic mass is 35.5. The number of hydrogen-bond acceptors (Lipinski definition) is 3. The molecule has 0 radical (unpaired) electrons. The van der Waals surface area contributed by atoms with E-state index in [2.05, 4.69) is 23.6 Å². The van der Waals surface area contributed by atoms with E-state index in [-0.39, 0.29) is 0 Å². The Bertz CT molecular complexity index is 509. The molecule has 2 heterocycles. The first-order chi connectivity index (χ1) is 11.0. The molecule has 2 aliphatic rings. The van der Waals surface area contributed by atoms with E-state index >= 15 is 0 Å². The maximum absolute atomic E-state index is 10.9. The molecule has 1 atom stereocenters. The van der Waals surface area contributed by atoms with Gasteiger partial charge < -0.3 is 14.9 Å². The maximum atomic E-state index is 10.9. The van der Waals surface area contributed by atoms with Crippen molar-refractivity contribution in [3.8, 4) is 0 Å². The van der Waals surface area contributed by atoms with Gasteiger partial charge >= 0.3 is 0 Å². The van der Waals surface area contributed by atoms with E-state index in [1.165, 1.54) is 26.1 Å². The van der Waals surface area contributed by atoms with Gasteiger partial charge in [-0.15, -0.1) is 0 Å². The van der Waals surface area contributed by atoms with E-state index in [1.807, 2.05) is 24.3 Å². The van der Waals surface area contributed by atoms with Crippen molar-refractivity contribution in [3.05, 3.63) is 34.9 Å². The molecule has 128 valence electrons. The number of likely N-dealkylation sites (tertiary alicyclic amines) is 2. The van der Waals surface area contributed by atoms with E-state index in [9.17, 15) is 5.11 Å². The predicted octanol–water partition coefficient (Wildman–Crippen LogP) is 3.35. The lowest BCUT2D eigenvalue weighted by Crippen LogP contribution is -2.44. The van der Waals surface area contributed by atoms with Crippen LogP contribution in [-0.2, 0) is 5.60 Å². The molecule has 1 N–H and O–H groups in total. The van der Waals surface area contributed by atoms with Crippen molar-refractivity contribution in [2.45, 2.75) is 44.8 Å². The largest absolute Gasteiger partial charge is 0.385 e. The molecule has 0 aliphatic carbocycles. The van der Waals surface area contributed by atoms with Crippen LogP contribution in [0.25, 0.3) is 0 Å². The highest BCUT2D eigenvalue weighted by molar-refractivity contribution is 6.30. The molecule has 23 heavy (non-hydrogen) atoms. The van der Waals surface area contributed by atoms with E-state index in [1.54, 1.807) is 0 Å². The minimum atomic E-state index is -0.680. The fourth-order valence-corrected chi connectivity index (χ4v) is 4.13. The Morgan fingerprint density at radius 2 is 1.83 bits per heavy atom.